The van der Waals surface area contributed by atoms with E-state index in [9.17, 15) is 14.0 Å². The maximum Gasteiger partial charge on any atom is 0.321 e. The number of rotatable bonds is 3. The van der Waals surface area contributed by atoms with Crippen LogP contribution in [-0.4, -0.2) is 44.6 Å². The summed E-state index contributed by atoms with van der Waals surface area (Å²) in [5, 5.41) is 11.9. The van der Waals surface area contributed by atoms with Crippen molar-refractivity contribution in [2.24, 2.45) is 13.0 Å². The zero-order valence-electron chi connectivity index (χ0n) is 16.1. The number of carboxylic acid groups (broad SMARTS) is 1. The van der Waals surface area contributed by atoms with Gasteiger partial charge in [-0.05, 0) is 49.2 Å². The maximum atomic E-state index is 13.5. The molecule has 1 unspecified atom stereocenters. The number of imidazole rings is 1. The van der Waals surface area contributed by atoms with Gasteiger partial charge in [0.1, 0.15) is 11.6 Å². The fourth-order valence-corrected chi connectivity index (χ4v) is 3.71. The smallest absolute Gasteiger partial charge is 0.321 e. The van der Waals surface area contributed by atoms with E-state index in [1.807, 2.05) is 30.7 Å². The van der Waals surface area contributed by atoms with E-state index < -0.39 is 11.9 Å². The standard InChI is InChI=1S/C21H21FN4O3/c1-12-9-13(19-23-17-10-15(22)4-6-18(17)25(19)2)3-5-16(12)24-21(29)26-8-7-14(11-26)20(27)28/h3-6,9-10,14H,7-8,11H2,1-2H3,(H,24,29)(H,27,28). The van der Waals surface area contributed by atoms with Gasteiger partial charge in [0.05, 0.1) is 17.0 Å². The topological polar surface area (TPSA) is 87.5 Å². The van der Waals surface area contributed by atoms with Crippen LogP contribution in [0.3, 0.4) is 0 Å². The first-order valence-corrected chi connectivity index (χ1v) is 9.35. The SMILES string of the molecule is Cc1cc(-c2nc3cc(F)ccc3n2C)ccc1NC(=O)N1CCC(C(=O)O)C1. The first kappa shape index (κ1) is 18.9. The number of aliphatic carboxylic acids is 1. The van der Waals surface area contributed by atoms with Gasteiger partial charge in [-0.1, -0.05) is 0 Å². The number of hydrogen-bond acceptors (Lipinski definition) is 3. The van der Waals surface area contributed by atoms with Gasteiger partial charge in [0.2, 0.25) is 0 Å². The van der Waals surface area contributed by atoms with Gasteiger partial charge in [0.25, 0.3) is 0 Å². The third-order valence-electron chi connectivity index (χ3n) is 5.39. The zero-order valence-corrected chi connectivity index (χ0v) is 16.1. The van der Waals surface area contributed by atoms with Crippen LogP contribution in [0.2, 0.25) is 0 Å². The van der Waals surface area contributed by atoms with Crippen molar-refractivity contribution < 1.29 is 19.1 Å². The lowest BCUT2D eigenvalue weighted by molar-refractivity contribution is -0.141. The number of amides is 2. The molecule has 1 aromatic heterocycles. The number of aromatic nitrogens is 2. The summed E-state index contributed by atoms with van der Waals surface area (Å²) < 4.78 is 15.4. The summed E-state index contributed by atoms with van der Waals surface area (Å²) in [5.41, 5.74) is 3.77. The molecule has 3 aromatic rings. The van der Waals surface area contributed by atoms with E-state index >= 15 is 0 Å². The minimum Gasteiger partial charge on any atom is -0.481 e. The van der Waals surface area contributed by atoms with Crippen LogP contribution in [0.4, 0.5) is 14.9 Å². The lowest BCUT2D eigenvalue weighted by Crippen LogP contribution is -2.34. The Morgan fingerprint density at radius 3 is 2.72 bits per heavy atom. The summed E-state index contributed by atoms with van der Waals surface area (Å²) >= 11 is 0. The molecule has 8 heteroatoms. The van der Waals surface area contributed by atoms with Crippen molar-refractivity contribution in [1.29, 1.82) is 0 Å². The van der Waals surface area contributed by atoms with Gasteiger partial charge < -0.3 is 19.9 Å². The van der Waals surface area contributed by atoms with Crippen LogP contribution in [0.15, 0.2) is 36.4 Å². The number of carboxylic acids is 1. The number of carbonyl (C=O) groups is 2. The molecule has 29 heavy (non-hydrogen) atoms. The molecule has 2 amide bonds. The van der Waals surface area contributed by atoms with Crippen molar-refractivity contribution >= 4 is 28.7 Å². The molecular formula is C21H21FN4O3. The maximum absolute atomic E-state index is 13.5. The fourth-order valence-electron chi connectivity index (χ4n) is 3.71. The van der Waals surface area contributed by atoms with Gasteiger partial charge in [0.15, 0.2) is 0 Å². The first-order chi connectivity index (χ1) is 13.8. The highest BCUT2D eigenvalue weighted by Gasteiger charge is 2.31. The molecule has 0 aliphatic carbocycles. The Balaban J connectivity index is 1.55. The van der Waals surface area contributed by atoms with Crippen molar-refractivity contribution in [1.82, 2.24) is 14.5 Å². The molecule has 1 saturated heterocycles. The summed E-state index contributed by atoms with van der Waals surface area (Å²) in [6, 6.07) is 9.77. The number of nitrogens with zero attached hydrogens (tertiary/aromatic N) is 3. The van der Waals surface area contributed by atoms with Gasteiger partial charge in [-0.3, -0.25) is 4.79 Å². The van der Waals surface area contributed by atoms with E-state index in [1.165, 1.54) is 17.0 Å². The Bertz CT molecular complexity index is 1120. The Labute approximate surface area is 166 Å². The van der Waals surface area contributed by atoms with E-state index in [4.69, 9.17) is 5.11 Å². The Kier molecular flexibility index (Phi) is 4.70. The van der Waals surface area contributed by atoms with Crippen molar-refractivity contribution in [3.63, 3.8) is 0 Å². The van der Waals surface area contributed by atoms with Gasteiger partial charge in [-0.15, -0.1) is 0 Å². The molecule has 2 heterocycles. The van der Waals surface area contributed by atoms with E-state index in [0.29, 0.717) is 30.0 Å². The second kappa shape index (κ2) is 7.20. The second-order valence-corrected chi connectivity index (χ2v) is 7.36. The van der Waals surface area contributed by atoms with Crippen LogP contribution in [0.5, 0.6) is 0 Å². The molecule has 1 aliphatic heterocycles. The molecule has 0 spiro atoms. The van der Waals surface area contributed by atoms with Gasteiger partial charge in [-0.2, -0.15) is 0 Å². The number of halogens is 1. The highest BCUT2D eigenvalue weighted by atomic mass is 19.1. The predicted octanol–water partition coefficient (Wildman–Crippen LogP) is 3.63. The number of urea groups is 1. The Morgan fingerprint density at radius 1 is 1.24 bits per heavy atom. The van der Waals surface area contributed by atoms with Crippen LogP contribution in [0, 0.1) is 18.7 Å². The number of likely N-dealkylation sites (tertiary alicyclic amines) is 1. The average Bonchev–Trinajstić information content (AvgIpc) is 3.29. The van der Waals surface area contributed by atoms with Crippen molar-refractivity contribution in [2.45, 2.75) is 13.3 Å². The number of anilines is 1. The zero-order chi connectivity index (χ0) is 20.7. The molecule has 0 bridgehead atoms. The molecule has 0 saturated carbocycles. The quantitative estimate of drug-likeness (QED) is 0.708. The van der Waals surface area contributed by atoms with Crippen LogP contribution >= 0.6 is 0 Å². The van der Waals surface area contributed by atoms with Gasteiger partial charge >= 0.3 is 12.0 Å². The fraction of sp³-hybridized carbons (Fsp3) is 0.286. The number of fused-ring (bicyclic) bond motifs is 1. The molecule has 2 aromatic carbocycles. The summed E-state index contributed by atoms with van der Waals surface area (Å²) in [7, 11) is 1.87. The number of carbonyl (C=O) groups excluding carboxylic acids is 1. The molecule has 150 valence electrons. The number of benzene rings is 2. The van der Waals surface area contributed by atoms with Crippen molar-refractivity contribution in [3.8, 4) is 11.4 Å². The number of hydrogen-bond donors (Lipinski definition) is 2. The second-order valence-electron chi connectivity index (χ2n) is 7.36. The predicted molar refractivity (Wildman–Crippen MR) is 107 cm³/mol. The molecule has 7 nitrogen and oxygen atoms in total. The van der Waals surface area contributed by atoms with Crippen LogP contribution < -0.4 is 5.32 Å². The molecule has 1 aliphatic rings. The Morgan fingerprint density at radius 2 is 2.03 bits per heavy atom. The average molecular weight is 396 g/mol. The van der Waals surface area contributed by atoms with Crippen LogP contribution in [0.1, 0.15) is 12.0 Å². The summed E-state index contributed by atoms with van der Waals surface area (Å²) in [6.45, 7) is 2.52. The largest absolute Gasteiger partial charge is 0.481 e. The molecule has 2 N–H and O–H groups in total. The van der Waals surface area contributed by atoms with Crippen LogP contribution in [-0.2, 0) is 11.8 Å². The molecule has 0 radical (unpaired) electrons. The lowest BCUT2D eigenvalue weighted by Gasteiger charge is -2.18. The molecule has 1 atom stereocenters. The third kappa shape index (κ3) is 3.53. The third-order valence-corrected chi connectivity index (χ3v) is 5.39. The highest BCUT2D eigenvalue weighted by molar-refractivity contribution is 5.91. The Hall–Kier alpha value is -3.42. The van der Waals surface area contributed by atoms with E-state index in [1.54, 1.807) is 12.1 Å². The summed E-state index contributed by atoms with van der Waals surface area (Å²) in [4.78, 5) is 29.6. The lowest BCUT2D eigenvalue weighted by atomic mass is 10.1. The van der Waals surface area contributed by atoms with E-state index in [2.05, 4.69) is 10.3 Å². The van der Waals surface area contributed by atoms with E-state index in [-0.39, 0.29) is 18.4 Å². The van der Waals surface area contributed by atoms with Crippen molar-refractivity contribution in [3.05, 3.63) is 47.8 Å². The first-order valence-electron chi connectivity index (χ1n) is 9.35. The highest BCUT2D eigenvalue weighted by Crippen LogP contribution is 2.28. The molecule has 1 fully saturated rings. The van der Waals surface area contributed by atoms with Crippen LogP contribution in [0.25, 0.3) is 22.4 Å². The normalized spacial score (nSPS) is 16.4. The molecular weight excluding hydrogens is 375 g/mol. The summed E-state index contributed by atoms with van der Waals surface area (Å²) in [5.74, 6) is -1.01. The monoisotopic (exact) mass is 396 g/mol. The molecule has 4 rings (SSSR count). The minimum absolute atomic E-state index is 0.217. The number of nitrogens with one attached hydrogen (secondary N) is 1. The van der Waals surface area contributed by atoms with Crippen molar-refractivity contribution in [2.75, 3.05) is 18.4 Å². The number of aryl methyl sites for hydroxylation is 2. The van der Waals surface area contributed by atoms with E-state index in [0.717, 1.165) is 16.6 Å². The minimum atomic E-state index is -0.872. The summed E-state index contributed by atoms with van der Waals surface area (Å²) in [6.07, 6.45) is 0.466. The van der Waals surface area contributed by atoms with Gasteiger partial charge in [-0.25, -0.2) is 14.2 Å². The van der Waals surface area contributed by atoms with Gasteiger partial charge in [0, 0.05) is 37.5 Å².